The Labute approximate surface area is 206 Å². The average Bonchev–Trinajstić information content (AvgIpc) is 3.35. The van der Waals surface area contributed by atoms with Crippen LogP contribution in [0.1, 0.15) is 15.9 Å². The molecular weight excluding hydrogens is 490 g/mol. The van der Waals surface area contributed by atoms with Crippen molar-refractivity contribution < 1.29 is 32.7 Å². The summed E-state index contributed by atoms with van der Waals surface area (Å²) in [6.07, 6.45) is -1.27. The predicted octanol–water partition coefficient (Wildman–Crippen LogP) is 0.151. The van der Waals surface area contributed by atoms with Crippen LogP contribution in [0.3, 0.4) is 0 Å². The minimum atomic E-state index is -3.31. The van der Waals surface area contributed by atoms with Crippen molar-refractivity contribution in [2.45, 2.75) is 23.0 Å². The van der Waals surface area contributed by atoms with Gasteiger partial charge in [0.25, 0.3) is 11.8 Å². The molecule has 1 spiro atoms. The third-order valence-corrected chi connectivity index (χ3v) is 8.48. The van der Waals surface area contributed by atoms with Gasteiger partial charge in [-0.2, -0.15) is 0 Å². The van der Waals surface area contributed by atoms with Gasteiger partial charge in [-0.15, -0.1) is 0 Å². The summed E-state index contributed by atoms with van der Waals surface area (Å²) in [4.78, 5) is 51.9. The van der Waals surface area contributed by atoms with Crippen LogP contribution in [0.2, 0.25) is 0 Å². The van der Waals surface area contributed by atoms with Crippen molar-refractivity contribution in [3.63, 3.8) is 0 Å². The summed E-state index contributed by atoms with van der Waals surface area (Å²) in [6, 6.07) is 11.8. The molecule has 0 saturated carbocycles. The Hall–Kier alpha value is -4.13. The lowest BCUT2D eigenvalue weighted by Gasteiger charge is -2.31. The summed E-state index contributed by atoms with van der Waals surface area (Å²) in [5.41, 5.74) is 0.205. The normalized spacial score (nSPS) is 24.3. The van der Waals surface area contributed by atoms with Crippen LogP contribution >= 0.6 is 0 Å². The maximum Gasteiger partial charge on any atom is 0.407 e. The number of nitrogens with zero attached hydrogens (tertiary/aromatic N) is 2. The van der Waals surface area contributed by atoms with Gasteiger partial charge in [0.1, 0.15) is 0 Å². The van der Waals surface area contributed by atoms with E-state index in [2.05, 4.69) is 16.0 Å². The lowest BCUT2D eigenvalue weighted by molar-refractivity contribution is -0.124. The molecule has 3 aliphatic rings. The number of nitrogens with one attached hydrogen (secondary N) is 3. The zero-order chi connectivity index (χ0) is 25.7. The van der Waals surface area contributed by atoms with E-state index in [4.69, 9.17) is 0 Å². The molecule has 36 heavy (non-hydrogen) atoms. The van der Waals surface area contributed by atoms with Crippen molar-refractivity contribution in [1.82, 2.24) is 20.9 Å². The molecule has 0 aromatic heterocycles. The maximum atomic E-state index is 12.9. The number of hydrogen-bond donors (Lipinski definition) is 4. The molecule has 0 aliphatic carbocycles. The molecule has 4 N–H and O–H groups in total. The van der Waals surface area contributed by atoms with Gasteiger partial charge in [-0.1, -0.05) is 24.3 Å². The van der Waals surface area contributed by atoms with Crippen LogP contribution in [-0.2, 0) is 21.2 Å². The Morgan fingerprint density at radius 2 is 1.83 bits per heavy atom. The van der Waals surface area contributed by atoms with Gasteiger partial charge in [0, 0.05) is 25.2 Å². The van der Waals surface area contributed by atoms with Crippen molar-refractivity contribution in [3.05, 3.63) is 59.7 Å². The lowest BCUT2D eigenvalue weighted by Crippen LogP contribution is -2.62. The first-order chi connectivity index (χ1) is 17.1. The quantitative estimate of drug-likeness (QED) is 0.420. The van der Waals surface area contributed by atoms with Crippen LogP contribution in [0.4, 0.5) is 15.3 Å². The minimum absolute atomic E-state index is 0.0190. The number of para-hydroxylation sites is 1. The molecular formula is C23H23N5O7S. The molecule has 3 heterocycles. The summed E-state index contributed by atoms with van der Waals surface area (Å²) >= 11 is 0. The zero-order valence-corrected chi connectivity index (χ0v) is 19.7. The van der Waals surface area contributed by atoms with Crippen LogP contribution in [0, 0.1) is 0 Å². The van der Waals surface area contributed by atoms with E-state index >= 15 is 0 Å². The number of benzene rings is 2. The number of carboxylic acid groups (broad SMARTS) is 1. The molecule has 5 amide bonds. The number of sulfone groups is 1. The Kier molecular flexibility index (Phi) is 5.58. The third kappa shape index (κ3) is 4.00. The fourth-order valence-corrected chi connectivity index (χ4v) is 6.34. The van der Waals surface area contributed by atoms with Crippen LogP contribution in [0.15, 0.2) is 53.4 Å². The van der Waals surface area contributed by atoms with E-state index in [1.165, 1.54) is 0 Å². The van der Waals surface area contributed by atoms with Crippen molar-refractivity contribution in [2.75, 3.05) is 30.3 Å². The molecule has 3 aliphatic heterocycles. The number of carbonyl (C=O) groups excluding carboxylic acids is 3. The van der Waals surface area contributed by atoms with E-state index in [0.717, 1.165) is 10.5 Å². The van der Waals surface area contributed by atoms with Gasteiger partial charge in [0.05, 0.1) is 28.9 Å². The second-order valence-corrected chi connectivity index (χ2v) is 11.1. The summed E-state index contributed by atoms with van der Waals surface area (Å²) in [7, 11) is -3.31. The van der Waals surface area contributed by atoms with E-state index in [0.29, 0.717) is 23.7 Å². The number of anilines is 1. The standard InChI is InChI=1S/C23H23N5O7S/c29-19(24-18-12-28(22(32)33)13-23(18)20(30)25-21(31)26-23)15-7-5-14(6-8-15)11-27-9-10-36(34,35)17-4-2-1-3-16(17)27/h1-8,18H,9-13H2,(H,24,29)(H,32,33)(H2,25,26,30,31). The third-order valence-electron chi connectivity index (χ3n) is 6.74. The van der Waals surface area contributed by atoms with Crippen molar-refractivity contribution in [3.8, 4) is 0 Å². The highest BCUT2D eigenvalue weighted by Crippen LogP contribution is 2.31. The largest absolute Gasteiger partial charge is 0.465 e. The van der Waals surface area contributed by atoms with Crippen LogP contribution < -0.4 is 20.9 Å². The maximum absolute atomic E-state index is 12.9. The molecule has 2 aromatic carbocycles. The summed E-state index contributed by atoms with van der Waals surface area (Å²) < 4.78 is 24.7. The van der Waals surface area contributed by atoms with Crippen LogP contribution in [0.5, 0.6) is 0 Å². The van der Waals surface area contributed by atoms with E-state index < -0.39 is 45.4 Å². The van der Waals surface area contributed by atoms with Crippen molar-refractivity contribution >= 4 is 39.5 Å². The first kappa shape index (κ1) is 23.6. The molecule has 2 unspecified atom stereocenters. The fraction of sp³-hybridized carbons (Fsp3) is 0.304. The first-order valence-electron chi connectivity index (χ1n) is 11.2. The number of urea groups is 1. The topological polar surface area (TPSA) is 165 Å². The molecule has 2 saturated heterocycles. The molecule has 188 valence electrons. The lowest BCUT2D eigenvalue weighted by atomic mass is 9.93. The monoisotopic (exact) mass is 513 g/mol. The SMILES string of the molecule is O=C1NC(=O)C2(CN(C(=O)O)CC2NC(=O)c2ccc(CN3CCS(=O)(=O)c4ccccc43)cc2)N1. The zero-order valence-electron chi connectivity index (χ0n) is 18.9. The van der Waals surface area contributed by atoms with E-state index in [1.807, 2.05) is 4.90 Å². The number of likely N-dealkylation sites (tertiary alicyclic amines) is 1. The van der Waals surface area contributed by atoms with Gasteiger partial charge in [-0.25, -0.2) is 18.0 Å². The number of imide groups is 1. The smallest absolute Gasteiger partial charge is 0.407 e. The molecule has 2 fully saturated rings. The Morgan fingerprint density at radius 1 is 1.11 bits per heavy atom. The second kappa shape index (κ2) is 8.52. The molecule has 5 rings (SSSR count). The van der Waals surface area contributed by atoms with Gasteiger partial charge in [0.15, 0.2) is 15.4 Å². The van der Waals surface area contributed by atoms with Crippen molar-refractivity contribution in [2.24, 2.45) is 0 Å². The highest BCUT2D eigenvalue weighted by Gasteiger charge is 2.58. The van der Waals surface area contributed by atoms with Gasteiger partial charge in [-0.3, -0.25) is 14.9 Å². The van der Waals surface area contributed by atoms with Crippen molar-refractivity contribution in [1.29, 1.82) is 0 Å². The van der Waals surface area contributed by atoms with E-state index in [9.17, 15) is 32.7 Å². The minimum Gasteiger partial charge on any atom is -0.465 e. The fourth-order valence-electron chi connectivity index (χ4n) is 4.86. The predicted molar refractivity (Wildman–Crippen MR) is 126 cm³/mol. The van der Waals surface area contributed by atoms with E-state index in [1.54, 1.807) is 48.5 Å². The summed E-state index contributed by atoms with van der Waals surface area (Å²) in [6.45, 7) is 0.347. The first-order valence-corrected chi connectivity index (χ1v) is 12.8. The molecule has 12 nitrogen and oxygen atoms in total. The average molecular weight is 514 g/mol. The Balaban J connectivity index is 1.30. The molecule has 0 radical (unpaired) electrons. The van der Waals surface area contributed by atoms with Gasteiger partial charge in [0.2, 0.25) is 0 Å². The highest BCUT2D eigenvalue weighted by molar-refractivity contribution is 7.91. The number of fused-ring (bicyclic) bond motifs is 1. The van der Waals surface area contributed by atoms with Crippen LogP contribution in [0.25, 0.3) is 0 Å². The Bertz CT molecular complexity index is 1380. The number of carbonyl (C=O) groups is 4. The number of hydrogen-bond acceptors (Lipinski definition) is 7. The number of rotatable bonds is 4. The molecule has 0 bridgehead atoms. The summed E-state index contributed by atoms with van der Waals surface area (Å²) in [5, 5.41) is 16.6. The Morgan fingerprint density at radius 3 is 2.50 bits per heavy atom. The van der Waals surface area contributed by atoms with Gasteiger partial charge < -0.3 is 25.5 Å². The van der Waals surface area contributed by atoms with Gasteiger partial charge in [-0.05, 0) is 29.8 Å². The van der Waals surface area contributed by atoms with E-state index in [-0.39, 0.29) is 24.4 Å². The molecule has 2 atom stereocenters. The molecule has 13 heteroatoms. The van der Waals surface area contributed by atoms with Gasteiger partial charge >= 0.3 is 12.1 Å². The second-order valence-electron chi connectivity index (χ2n) is 8.97. The van der Waals surface area contributed by atoms with Crippen LogP contribution in [-0.4, -0.2) is 79.3 Å². The summed E-state index contributed by atoms with van der Waals surface area (Å²) in [5.74, 6) is -1.20. The molecule has 2 aromatic rings. The number of amides is 5. The highest BCUT2D eigenvalue weighted by atomic mass is 32.2.